The smallest absolute Gasteiger partial charge is 0.406 e. The fraction of sp³-hybridized carbons (Fsp3) is 0.621. The van der Waals surface area contributed by atoms with Crippen LogP contribution in [0.2, 0.25) is 0 Å². The number of rotatable bonds is 7. The minimum absolute atomic E-state index is 0.0231. The molecule has 0 heterocycles. The maximum Gasteiger partial charge on any atom is 0.573 e. The van der Waals surface area contributed by atoms with Crippen molar-refractivity contribution in [1.29, 1.82) is 0 Å². The molecule has 3 aliphatic rings. The summed E-state index contributed by atoms with van der Waals surface area (Å²) in [6.07, 6.45) is 7.76. The summed E-state index contributed by atoms with van der Waals surface area (Å²) in [5.74, 6) is 1.42. The summed E-state index contributed by atoms with van der Waals surface area (Å²) in [6, 6.07) is 6.00. The van der Waals surface area contributed by atoms with Gasteiger partial charge in [-0.25, -0.2) is 0 Å². The van der Waals surface area contributed by atoms with Crippen molar-refractivity contribution < 1.29 is 27.8 Å². The number of alkyl halides is 3. The molecule has 5 unspecified atom stereocenters. The topological polar surface area (TPSA) is 49.8 Å². The predicted octanol–water partition coefficient (Wildman–Crippen LogP) is 6.79. The Morgan fingerprint density at radius 1 is 1.14 bits per heavy atom. The predicted molar refractivity (Wildman–Crippen MR) is 133 cm³/mol. The second-order valence-electron chi connectivity index (χ2n) is 11.7. The van der Waals surface area contributed by atoms with E-state index in [9.17, 15) is 23.1 Å². The molecule has 1 aromatic rings. The summed E-state index contributed by atoms with van der Waals surface area (Å²) >= 11 is 0. The molecule has 0 saturated heterocycles. The number of halogens is 3. The fourth-order valence-electron chi connectivity index (χ4n) is 6.56. The molecule has 2 fully saturated rings. The van der Waals surface area contributed by atoms with E-state index in [2.05, 4.69) is 10.8 Å². The normalized spacial score (nSPS) is 28.4. The molecule has 0 radical (unpaired) electrons. The first-order chi connectivity index (χ1) is 16.9. The Labute approximate surface area is 212 Å². The Bertz CT molecular complexity index is 994. The van der Waals surface area contributed by atoms with E-state index in [1.54, 1.807) is 12.1 Å². The van der Waals surface area contributed by atoms with Crippen molar-refractivity contribution >= 4 is 5.91 Å². The standard InChI is InChI=1S/C29H38F3NO3/c1-19-6-4-8-23(12-19)27(34)33(18-21-7-5-9-26(14-21)36-29(30,31)32)25-15-22-11-10-20(13-24(22)16-25)17-28(2,3)35/h4-7,9,12,14,19-20,22,24-25,35H,8,10-11,13,15-18H2,1-3H3. The number of hydrogen-bond acceptors (Lipinski definition) is 3. The Kier molecular flexibility index (Phi) is 7.89. The molecular formula is C29H38F3NO3. The SMILES string of the molecule is CC1C=CCC(C(=O)N(Cc2cccc(OC(F)(F)F)c2)C2CC3CCC(CC(C)(C)O)CC3C2)=C1. The fourth-order valence-corrected chi connectivity index (χ4v) is 6.56. The van der Waals surface area contributed by atoms with Gasteiger partial charge in [0.05, 0.1) is 5.60 Å². The summed E-state index contributed by atoms with van der Waals surface area (Å²) in [6.45, 7) is 6.01. The molecule has 1 amide bonds. The van der Waals surface area contributed by atoms with E-state index in [0.717, 1.165) is 44.1 Å². The molecular weight excluding hydrogens is 467 g/mol. The van der Waals surface area contributed by atoms with Gasteiger partial charge in [-0.15, -0.1) is 13.2 Å². The number of ether oxygens (including phenoxy) is 1. The first kappa shape index (κ1) is 26.8. The van der Waals surface area contributed by atoms with E-state index in [-0.39, 0.29) is 30.2 Å². The highest BCUT2D eigenvalue weighted by molar-refractivity contribution is 5.94. The number of fused-ring (bicyclic) bond motifs is 1. The number of aliphatic hydroxyl groups is 1. The van der Waals surface area contributed by atoms with Crippen LogP contribution in [0.25, 0.3) is 0 Å². The van der Waals surface area contributed by atoms with Crippen LogP contribution < -0.4 is 4.74 Å². The van der Waals surface area contributed by atoms with Crippen LogP contribution in [-0.4, -0.2) is 33.9 Å². The lowest BCUT2D eigenvalue weighted by Gasteiger charge is -2.34. The second-order valence-corrected chi connectivity index (χ2v) is 11.7. The quantitative estimate of drug-likeness (QED) is 0.415. The third-order valence-corrected chi connectivity index (χ3v) is 7.89. The Hall–Kier alpha value is -2.28. The first-order valence-corrected chi connectivity index (χ1v) is 13.1. The summed E-state index contributed by atoms with van der Waals surface area (Å²) in [5, 5.41) is 10.3. The van der Waals surface area contributed by atoms with E-state index in [4.69, 9.17) is 0 Å². The van der Waals surface area contributed by atoms with E-state index in [1.165, 1.54) is 12.1 Å². The summed E-state index contributed by atoms with van der Waals surface area (Å²) in [7, 11) is 0. The van der Waals surface area contributed by atoms with Gasteiger partial charge in [0, 0.05) is 18.2 Å². The van der Waals surface area contributed by atoms with Gasteiger partial charge < -0.3 is 14.7 Å². The molecule has 36 heavy (non-hydrogen) atoms. The zero-order valence-electron chi connectivity index (χ0n) is 21.4. The van der Waals surface area contributed by atoms with Crippen LogP contribution in [-0.2, 0) is 11.3 Å². The number of carbonyl (C=O) groups is 1. The van der Waals surface area contributed by atoms with Crippen LogP contribution in [0.3, 0.4) is 0 Å². The zero-order chi connectivity index (χ0) is 26.1. The van der Waals surface area contributed by atoms with Crippen molar-refractivity contribution in [3.63, 3.8) is 0 Å². The van der Waals surface area contributed by atoms with Crippen molar-refractivity contribution in [2.75, 3.05) is 0 Å². The van der Waals surface area contributed by atoms with E-state index < -0.39 is 12.0 Å². The number of nitrogens with zero attached hydrogens (tertiary/aromatic N) is 1. The van der Waals surface area contributed by atoms with Gasteiger partial charge in [0.1, 0.15) is 5.75 Å². The van der Waals surface area contributed by atoms with Crippen LogP contribution in [0.5, 0.6) is 5.75 Å². The monoisotopic (exact) mass is 505 g/mol. The molecule has 198 valence electrons. The third kappa shape index (κ3) is 7.15. The average Bonchev–Trinajstić information content (AvgIpc) is 3.18. The molecule has 7 heteroatoms. The minimum Gasteiger partial charge on any atom is -0.406 e. The van der Waals surface area contributed by atoms with Gasteiger partial charge in [-0.1, -0.05) is 43.7 Å². The maximum atomic E-state index is 13.8. The lowest BCUT2D eigenvalue weighted by atomic mass is 9.73. The van der Waals surface area contributed by atoms with E-state index >= 15 is 0 Å². The third-order valence-electron chi connectivity index (χ3n) is 7.89. The molecule has 0 bridgehead atoms. The molecule has 0 aliphatic heterocycles. The molecule has 0 aromatic heterocycles. The van der Waals surface area contributed by atoms with Crippen molar-refractivity contribution in [3.05, 3.63) is 53.6 Å². The van der Waals surface area contributed by atoms with Crippen molar-refractivity contribution in [2.45, 2.75) is 90.3 Å². The molecule has 5 atom stereocenters. The van der Waals surface area contributed by atoms with Gasteiger partial charge in [-0.2, -0.15) is 0 Å². The van der Waals surface area contributed by atoms with E-state index in [1.807, 2.05) is 37.8 Å². The zero-order valence-corrected chi connectivity index (χ0v) is 21.4. The minimum atomic E-state index is -4.76. The number of allylic oxidation sites excluding steroid dienone is 3. The highest BCUT2D eigenvalue weighted by Crippen LogP contribution is 2.48. The number of hydrogen-bond donors (Lipinski definition) is 1. The Morgan fingerprint density at radius 3 is 2.58 bits per heavy atom. The maximum absolute atomic E-state index is 13.8. The summed E-state index contributed by atoms with van der Waals surface area (Å²) in [4.78, 5) is 15.7. The average molecular weight is 506 g/mol. The molecule has 0 spiro atoms. The van der Waals surface area contributed by atoms with E-state index in [0.29, 0.717) is 29.7 Å². The number of amides is 1. The van der Waals surface area contributed by atoms with Gasteiger partial charge in [0.2, 0.25) is 5.91 Å². The van der Waals surface area contributed by atoms with Crippen molar-refractivity contribution in [2.24, 2.45) is 23.7 Å². The molecule has 1 N–H and O–H groups in total. The number of benzene rings is 1. The van der Waals surface area contributed by atoms with Crippen LogP contribution >= 0.6 is 0 Å². The summed E-state index contributed by atoms with van der Waals surface area (Å²) < 4.78 is 42.5. The highest BCUT2D eigenvalue weighted by atomic mass is 19.4. The van der Waals surface area contributed by atoms with Crippen molar-refractivity contribution in [3.8, 4) is 5.75 Å². The van der Waals surface area contributed by atoms with Gasteiger partial charge in [0.15, 0.2) is 0 Å². The van der Waals surface area contributed by atoms with Crippen molar-refractivity contribution in [1.82, 2.24) is 4.90 Å². The van der Waals surface area contributed by atoms with Gasteiger partial charge in [-0.3, -0.25) is 4.79 Å². The summed E-state index contributed by atoms with van der Waals surface area (Å²) in [5.41, 5.74) is 0.695. The Morgan fingerprint density at radius 2 is 1.89 bits per heavy atom. The van der Waals surface area contributed by atoms with Gasteiger partial charge >= 0.3 is 6.36 Å². The molecule has 4 rings (SSSR count). The van der Waals surface area contributed by atoms with Gasteiger partial charge in [0.25, 0.3) is 0 Å². The second kappa shape index (κ2) is 10.6. The van der Waals surface area contributed by atoms with Gasteiger partial charge in [-0.05, 0) is 93.7 Å². The largest absolute Gasteiger partial charge is 0.573 e. The molecule has 2 saturated carbocycles. The highest BCUT2D eigenvalue weighted by Gasteiger charge is 2.43. The lowest BCUT2D eigenvalue weighted by molar-refractivity contribution is -0.274. The lowest BCUT2D eigenvalue weighted by Crippen LogP contribution is -2.39. The molecule has 3 aliphatic carbocycles. The van der Waals surface area contributed by atoms with Crippen LogP contribution in [0.1, 0.15) is 71.3 Å². The first-order valence-electron chi connectivity index (χ1n) is 13.1. The Balaban J connectivity index is 1.54. The molecule has 4 nitrogen and oxygen atoms in total. The van der Waals surface area contributed by atoms with Crippen LogP contribution in [0, 0.1) is 23.7 Å². The molecule has 1 aromatic carbocycles. The van der Waals surface area contributed by atoms with Crippen LogP contribution in [0.15, 0.2) is 48.1 Å². The van der Waals surface area contributed by atoms with Crippen LogP contribution in [0.4, 0.5) is 13.2 Å². The number of carbonyl (C=O) groups excluding carboxylic acids is 1.